The molecule has 2 saturated carbocycles. The first kappa shape index (κ1) is 42.3. The Kier molecular flexibility index (Phi) is 12.4. The Morgan fingerprint density at radius 3 is 1.67 bits per heavy atom. The van der Waals surface area contributed by atoms with Gasteiger partial charge in [0.15, 0.2) is 0 Å². The standard InChI is InChI=1S/C52H53N7O5/c1-33(54-50(62)44-15-9-31-59(44)52(64)46(39-12-6-3-7-13-39)57-49(61)41-28-29-41)36-22-18-34(19-23-36)16-17-35-20-24-37(25-21-35)42-32-53-47(55-42)43-14-8-30-58(43)51(63)45(38-10-4-2-5-11-38)56-48(60)40-26-27-40/h2-7,10-13,18-25,32-33,40-41,43-46H,8-9,14-15,26-31H2,1H3,(H,53,55)(H,54,62)(H,56,60)(H,57,61). The molecule has 2 aliphatic heterocycles. The quantitative estimate of drug-likeness (QED) is 0.0951. The molecule has 2 aliphatic carbocycles. The van der Waals surface area contributed by atoms with Gasteiger partial charge in [-0.05, 0) is 105 Å². The fourth-order valence-corrected chi connectivity index (χ4v) is 8.81. The second-order valence-electron chi connectivity index (χ2n) is 17.5. The minimum absolute atomic E-state index is 0.00685. The Bertz CT molecular complexity index is 2560. The van der Waals surface area contributed by atoms with Gasteiger partial charge in [-0.25, -0.2) is 4.98 Å². The van der Waals surface area contributed by atoms with Gasteiger partial charge in [-0.1, -0.05) is 96.8 Å². The molecule has 3 heterocycles. The first-order valence-corrected chi connectivity index (χ1v) is 22.6. The summed E-state index contributed by atoms with van der Waals surface area (Å²) in [4.78, 5) is 78.9. The molecule has 2 saturated heterocycles. The van der Waals surface area contributed by atoms with Crippen molar-refractivity contribution in [3.8, 4) is 23.1 Å². The highest BCUT2D eigenvalue weighted by Gasteiger charge is 2.41. The van der Waals surface area contributed by atoms with E-state index in [-0.39, 0.29) is 53.5 Å². The van der Waals surface area contributed by atoms with Crippen molar-refractivity contribution in [3.05, 3.63) is 149 Å². The molecule has 12 nitrogen and oxygen atoms in total. The lowest BCUT2D eigenvalue weighted by atomic mass is 10.0. The van der Waals surface area contributed by atoms with Gasteiger partial charge >= 0.3 is 0 Å². The average molecular weight is 856 g/mol. The van der Waals surface area contributed by atoms with Crippen LogP contribution in [0.15, 0.2) is 115 Å². The Balaban J connectivity index is 0.801. The number of nitrogens with one attached hydrogen (secondary N) is 4. The molecular formula is C52H53N7O5. The number of nitrogens with zero attached hydrogens (tertiary/aromatic N) is 3. The van der Waals surface area contributed by atoms with Gasteiger partial charge < -0.3 is 30.7 Å². The lowest BCUT2D eigenvalue weighted by Crippen LogP contribution is -2.50. The summed E-state index contributed by atoms with van der Waals surface area (Å²) in [6.45, 7) is 2.97. The van der Waals surface area contributed by atoms with E-state index in [4.69, 9.17) is 4.98 Å². The van der Waals surface area contributed by atoms with Gasteiger partial charge in [-0.2, -0.15) is 0 Å². The Morgan fingerprint density at radius 1 is 0.594 bits per heavy atom. The third-order valence-corrected chi connectivity index (χ3v) is 12.8. The number of aromatic nitrogens is 2. The predicted octanol–water partition coefficient (Wildman–Crippen LogP) is 6.84. The van der Waals surface area contributed by atoms with E-state index in [1.165, 1.54) is 0 Å². The van der Waals surface area contributed by atoms with Crippen LogP contribution in [0.4, 0.5) is 0 Å². The zero-order valence-electron chi connectivity index (χ0n) is 36.0. The number of carbonyl (C=O) groups is 5. The molecule has 1 aromatic heterocycles. The lowest BCUT2D eigenvalue weighted by Gasteiger charge is -2.30. The molecule has 0 bridgehead atoms. The van der Waals surface area contributed by atoms with Crippen LogP contribution < -0.4 is 16.0 Å². The van der Waals surface area contributed by atoms with Crippen LogP contribution in [0.2, 0.25) is 0 Å². The van der Waals surface area contributed by atoms with Gasteiger partial charge in [0.2, 0.25) is 29.5 Å². The molecule has 9 rings (SSSR count). The highest BCUT2D eigenvalue weighted by Crippen LogP contribution is 2.36. The number of H-pyrrole nitrogens is 1. The summed E-state index contributed by atoms with van der Waals surface area (Å²) in [7, 11) is 0. The molecule has 4 aliphatic rings. The number of likely N-dealkylation sites (tertiary alicyclic amines) is 2. The Hall–Kier alpha value is -7.00. The van der Waals surface area contributed by atoms with E-state index in [0.29, 0.717) is 31.5 Å². The second-order valence-corrected chi connectivity index (χ2v) is 17.5. The molecule has 4 aromatic carbocycles. The highest BCUT2D eigenvalue weighted by molar-refractivity contribution is 5.94. The van der Waals surface area contributed by atoms with Crippen LogP contribution in [0, 0.1) is 23.7 Å². The van der Waals surface area contributed by atoms with Crippen molar-refractivity contribution in [3.63, 3.8) is 0 Å². The zero-order valence-corrected chi connectivity index (χ0v) is 36.0. The monoisotopic (exact) mass is 855 g/mol. The fourth-order valence-electron chi connectivity index (χ4n) is 8.81. The molecule has 12 heteroatoms. The third kappa shape index (κ3) is 9.64. The molecule has 5 atom stereocenters. The molecule has 0 spiro atoms. The molecule has 64 heavy (non-hydrogen) atoms. The number of rotatable bonds is 13. The number of imidazole rings is 1. The summed E-state index contributed by atoms with van der Waals surface area (Å²) in [6, 6.07) is 31.7. The maximum Gasteiger partial charge on any atom is 0.250 e. The number of carbonyl (C=O) groups excluding carboxylic acids is 5. The summed E-state index contributed by atoms with van der Waals surface area (Å²) in [5.74, 6) is 6.39. The summed E-state index contributed by atoms with van der Waals surface area (Å²) in [5, 5.41) is 9.12. The van der Waals surface area contributed by atoms with E-state index >= 15 is 0 Å². The Labute approximate surface area is 373 Å². The average Bonchev–Trinajstić information content (AvgIpc) is 4.20. The topological polar surface area (TPSA) is 157 Å². The smallest absolute Gasteiger partial charge is 0.250 e. The van der Waals surface area contributed by atoms with Gasteiger partial charge in [0.05, 0.1) is 24.0 Å². The maximum absolute atomic E-state index is 14.1. The summed E-state index contributed by atoms with van der Waals surface area (Å²) >= 11 is 0. The van der Waals surface area contributed by atoms with Crippen molar-refractivity contribution in [1.82, 2.24) is 35.7 Å². The molecule has 0 radical (unpaired) electrons. The first-order chi connectivity index (χ1) is 31.2. The minimum Gasteiger partial charge on any atom is -0.348 e. The van der Waals surface area contributed by atoms with E-state index in [1.54, 1.807) is 11.1 Å². The van der Waals surface area contributed by atoms with Crippen LogP contribution in [-0.2, 0) is 24.0 Å². The molecule has 5 unspecified atom stereocenters. The molecule has 4 fully saturated rings. The lowest BCUT2D eigenvalue weighted by molar-refractivity contribution is -0.142. The van der Waals surface area contributed by atoms with Crippen LogP contribution >= 0.6 is 0 Å². The van der Waals surface area contributed by atoms with Crippen LogP contribution in [0.1, 0.15) is 116 Å². The Morgan fingerprint density at radius 2 is 1.11 bits per heavy atom. The van der Waals surface area contributed by atoms with E-state index in [1.807, 2.05) is 121 Å². The van der Waals surface area contributed by atoms with E-state index in [0.717, 1.165) is 77.9 Å². The number of hydrogen-bond acceptors (Lipinski definition) is 6. The van der Waals surface area contributed by atoms with Crippen LogP contribution in [0.25, 0.3) is 11.3 Å². The number of hydrogen-bond donors (Lipinski definition) is 4. The molecule has 4 N–H and O–H groups in total. The van der Waals surface area contributed by atoms with Gasteiger partial charge in [-0.15, -0.1) is 0 Å². The van der Waals surface area contributed by atoms with Crippen molar-refractivity contribution in [2.45, 2.75) is 88.5 Å². The number of amides is 5. The SMILES string of the molecule is CC(NC(=O)C1CCCN1C(=O)C(NC(=O)C1CC1)c1ccccc1)c1ccc(C#Cc2ccc(-c3cnc(C4CCCN4C(=O)C(NC(=O)C4CC4)c4ccccc4)[nH]3)cc2)cc1. The van der Waals surface area contributed by atoms with E-state index in [2.05, 4.69) is 32.8 Å². The van der Waals surface area contributed by atoms with Crippen molar-refractivity contribution >= 4 is 29.5 Å². The summed E-state index contributed by atoms with van der Waals surface area (Å²) in [6.07, 6.45) is 8.08. The van der Waals surface area contributed by atoms with Crippen molar-refractivity contribution in [2.24, 2.45) is 11.8 Å². The zero-order chi connectivity index (χ0) is 44.2. The molecule has 5 amide bonds. The van der Waals surface area contributed by atoms with Crippen molar-refractivity contribution in [2.75, 3.05) is 13.1 Å². The number of benzene rings is 4. The highest BCUT2D eigenvalue weighted by atomic mass is 16.2. The van der Waals surface area contributed by atoms with Crippen molar-refractivity contribution < 1.29 is 24.0 Å². The van der Waals surface area contributed by atoms with Crippen molar-refractivity contribution in [1.29, 1.82) is 0 Å². The summed E-state index contributed by atoms with van der Waals surface area (Å²) < 4.78 is 0. The largest absolute Gasteiger partial charge is 0.348 e. The van der Waals surface area contributed by atoms with Gasteiger partial charge in [0.25, 0.3) is 0 Å². The maximum atomic E-state index is 14.1. The minimum atomic E-state index is -0.835. The van der Waals surface area contributed by atoms with Gasteiger partial charge in [0.1, 0.15) is 23.9 Å². The predicted molar refractivity (Wildman–Crippen MR) is 242 cm³/mol. The van der Waals surface area contributed by atoms with Crippen LogP contribution in [-0.4, -0.2) is 68.4 Å². The molecule has 326 valence electrons. The third-order valence-electron chi connectivity index (χ3n) is 12.8. The van der Waals surface area contributed by atoms with Crippen LogP contribution in [0.3, 0.4) is 0 Å². The fraction of sp³-hybridized carbons (Fsp3) is 0.346. The number of aromatic amines is 1. The summed E-state index contributed by atoms with van der Waals surface area (Å²) in [5.41, 5.74) is 5.86. The second kappa shape index (κ2) is 18.8. The van der Waals surface area contributed by atoms with Gasteiger partial charge in [0, 0.05) is 36.1 Å². The van der Waals surface area contributed by atoms with E-state index < -0.39 is 18.1 Å². The van der Waals surface area contributed by atoms with Crippen LogP contribution in [0.5, 0.6) is 0 Å². The molecular weight excluding hydrogens is 803 g/mol. The normalized spacial score (nSPS) is 19.5. The van der Waals surface area contributed by atoms with E-state index in [9.17, 15) is 24.0 Å². The van der Waals surface area contributed by atoms with Gasteiger partial charge in [-0.3, -0.25) is 24.0 Å². The first-order valence-electron chi connectivity index (χ1n) is 22.6. The molecule has 5 aromatic rings.